The van der Waals surface area contributed by atoms with Crippen molar-refractivity contribution in [3.8, 4) is 0 Å². The molecule has 2 rings (SSSR count). The Kier molecular flexibility index (Phi) is 4.39. The van der Waals surface area contributed by atoms with E-state index in [9.17, 15) is 0 Å². The highest BCUT2D eigenvalue weighted by molar-refractivity contribution is 5.43. The van der Waals surface area contributed by atoms with Gasteiger partial charge in [0.25, 0.3) is 0 Å². The molecular weight excluding hydrogens is 240 g/mol. The van der Waals surface area contributed by atoms with Crippen LogP contribution in [0.3, 0.4) is 0 Å². The molecule has 0 spiro atoms. The molecule has 0 saturated heterocycles. The lowest BCUT2D eigenvalue weighted by molar-refractivity contribution is 0.542. The first kappa shape index (κ1) is 13.8. The van der Waals surface area contributed by atoms with Crippen molar-refractivity contribution in [1.29, 1.82) is 0 Å². The van der Waals surface area contributed by atoms with Crippen molar-refractivity contribution < 1.29 is 0 Å². The van der Waals surface area contributed by atoms with Gasteiger partial charge < -0.3 is 15.1 Å². The molecule has 0 aliphatic heterocycles. The lowest BCUT2D eigenvalue weighted by Gasteiger charge is -2.22. The third-order valence-electron chi connectivity index (χ3n) is 3.58. The fourth-order valence-corrected chi connectivity index (χ4v) is 2.50. The van der Waals surface area contributed by atoms with Crippen LogP contribution in [0.25, 0.3) is 0 Å². The maximum atomic E-state index is 4.51. The van der Waals surface area contributed by atoms with E-state index in [0.29, 0.717) is 11.9 Å². The quantitative estimate of drug-likeness (QED) is 0.872. The predicted molar refractivity (Wildman–Crippen MR) is 78.9 cm³/mol. The summed E-state index contributed by atoms with van der Waals surface area (Å²) in [5.74, 6) is 2.83. The summed E-state index contributed by atoms with van der Waals surface area (Å²) in [4.78, 5) is 17.3. The van der Waals surface area contributed by atoms with Crippen LogP contribution in [0.5, 0.6) is 0 Å². The number of rotatable bonds is 5. The van der Waals surface area contributed by atoms with Crippen molar-refractivity contribution in [3.05, 3.63) is 0 Å². The first-order valence-electron chi connectivity index (χ1n) is 6.92. The molecule has 1 heterocycles. The third kappa shape index (κ3) is 3.45. The van der Waals surface area contributed by atoms with Crippen LogP contribution in [0.15, 0.2) is 0 Å². The van der Waals surface area contributed by atoms with Crippen molar-refractivity contribution in [2.24, 2.45) is 5.92 Å². The lowest BCUT2D eigenvalue weighted by atomic mass is 10.1. The normalized spacial score (nSPS) is 15.6. The average Bonchev–Trinajstić information content (AvgIpc) is 2.90. The van der Waals surface area contributed by atoms with Crippen LogP contribution in [-0.4, -0.2) is 49.7 Å². The minimum absolute atomic E-state index is 0.618. The van der Waals surface area contributed by atoms with Crippen molar-refractivity contribution in [2.45, 2.75) is 25.7 Å². The smallest absolute Gasteiger partial charge is 0.231 e. The van der Waals surface area contributed by atoms with Gasteiger partial charge in [0.1, 0.15) is 0 Å². The van der Waals surface area contributed by atoms with Gasteiger partial charge in [-0.15, -0.1) is 0 Å². The minimum Gasteiger partial charge on any atom is -0.357 e. The van der Waals surface area contributed by atoms with Crippen molar-refractivity contribution >= 4 is 17.8 Å². The summed E-state index contributed by atoms with van der Waals surface area (Å²) in [7, 11) is 7.77. The van der Waals surface area contributed by atoms with E-state index in [-0.39, 0.29) is 0 Å². The van der Waals surface area contributed by atoms with Crippen LogP contribution in [-0.2, 0) is 0 Å². The Bertz CT molecular complexity index is 414. The molecule has 1 saturated carbocycles. The SMILES string of the molecule is CNc1nc(N(C)C)nc(N(C)CC2CCCC2)n1. The van der Waals surface area contributed by atoms with Gasteiger partial charge >= 0.3 is 0 Å². The number of nitrogens with one attached hydrogen (secondary N) is 1. The number of nitrogens with zero attached hydrogens (tertiary/aromatic N) is 5. The minimum atomic E-state index is 0.618. The van der Waals surface area contributed by atoms with Crippen LogP contribution in [0.2, 0.25) is 0 Å². The first-order chi connectivity index (χ1) is 9.10. The molecule has 0 bridgehead atoms. The van der Waals surface area contributed by atoms with Gasteiger partial charge in [-0.25, -0.2) is 0 Å². The predicted octanol–water partition coefficient (Wildman–Crippen LogP) is 1.61. The lowest BCUT2D eigenvalue weighted by Crippen LogP contribution is -2.27. The maximum Gasteiger partial charge on any atom is 0.231 e. The van der Waals surface area contributed by atoms with Gasteiger partial charge in [0, 0.05) is 34.7 Å². The van der Waals surface area contributed by atoms with Gasteiger partial charge in [-0.3, -0.25) is 0 Å². The molecular formula is C13H24N6. The van der Waals surface area contributed by atoms with E-state index >= 15 is 0 Å². The molecule has 6 heteroatoms. The van der Waals surface area contributed by atoms with E-state index in [0.717, 1.165) is 18.4 Å². The van der Waals surface area contributed by atoms with Crippen LogP contribution < -0.4 is 15.1 Å². The van der Waals surface area contributed by atoms with E-state index in [1.165, 1.54) is 25.7 Å². The van der Waals surface area contributed by atoms with Crippen LogP contribution in [0.1, 0.15) is 25.7 Å². The zero-order chi connectivity index (χ0) is 13.8. The van der Waals surface area contributed by atoms with Gasteiger partial charge in [0.05, 0.1) is 0 Å². The Morgan fingerprint density at radius 2 is 1.68 bits per heavy atom. The van der Waals surface area contributed by atoms with Crippen LogP contribution in [0, 0.1) is 5.92 Å². The monoisotopic (exact) mass is 264 g/mol. The highest BCUT2D eigenvalue weighted by atomic mass is 15.3. The highest BCUT2D eigenvalue weighted by Gasteiger charge is 2.19. The van der Waals surface area contributed by atoms with Gasteiger partial charge in [-0.2, -0.15) is 15.0 Å². The maximum absolute atomic E-state index is 4.51. The number of anilines is 3. The largest absolute Gasteiger partial charge is 0.357 e. The Hall–Kier alpha value is -1.59. The summed E-state index contributed by atoms with van der Waals surface area (Å²) in [6.45, 7) is 1.03. The van der Waals surface area contributed by atoms with Crippen molar-refractivity contribution in [2.75, 3.05) is 49.9 Å². The molecule has 1 N–H and O–H groups in total. The molecule has 1 aromatic heterocycles. The van der Waals surface area contributed by atoms with E-state index in [1.54, 1.807) is 0 Å². The molecule has 1 aromatic rings. The van der Waals surface area contributed by atoms with Gasteiger partial charge in [-0.1, -0.05) is 12.8 Å². The zero-order valence-corrected chi connectivity index (χ0v) is 12.3. The summed E-state index contributed by atoms with van der Waals surface area (Å²) in [5, 5.41) is 3.00. The fourth-order valence-electron chi connectivity index (χ4n) is 2.50. The van der Waals surface area contributed by atoms with Gasteiger partial charge in [-0.05, 0) is 18.8 Å². The Balaban J connectivity index is 2.14. The standard InChI is InChI=1S/C13H24N6/c1-14-11-15-12(18(2)3)17-13(16-11)19(4)9-10-7-5-6-8-10/h10H,5-9H2,1-4H3,(H,14,15,16,17). The number of aromatic nitrogens is 3. The fraction of sp³-hybridized carbons (Fsp3) is 0.769. The van der Waals surface area contributed by atoms with Gasteiger partial charge in [0.2, 0.25) is 17.8 Å². The summed E-state index contributed by atoms with van der Waals surface area (Å²) in [6, 6.07) is 0. The third-order valence-corrected chi connectivity index (χ3v) is 3.58. The van der Waals surface area contributed by atoms with E-state index in [4.69, 9.17) is 0 Å². The zero-order valence-electron chi connectivity index (χ0n) is 12.3. The molecule has 6 nitrogen and oxygen atoms in total. The van der Waals surface area contributed by atoms with Crippen LogP contribution >= 0.6 is 0 Å². The van der Waals surface area contributed by atoms with Crippen LogP contribution in [0.4, 0.5) is 17.8 Å². The van der Waals surface area contributed by atoms with E-state index < -0.39 is 0 Å². The molecule has 0 unspecified atom stereocenters. The Morgan fingerprint density at radius 3 is 2.26 bits per heavy atom. The first-order valence-corrected chi connectivity index (χ1v) is 6.92. The molecule has 0 atom stereocenters. The second kappa shape index (κ2) is 6.04. The second-order valence-electron chi connectivity index (χ2n) is 5.43. The average molecular weight is 264 g/mol. The Morgan fingerprint density at radius 1 is 1.05 bits per heavy atom. The molecule has 1 aliphatic carbocycles. The highest BCUT2D eigenvalue weighted by Crippen LogP contribution is 2.26. The molecule has 106 valence electrons. The molecule has 0 aromatic carbocycles. The molecule has 1 aliphatic rings. The van der Waals surface area contributed by atoms with Crippen molar-refractivity contribution in [3.63, 3.8) is 0 Å². The molecule has 0 radical (unpaired) electrons. The van der Waals surface area contributed by atoms with Crippen molar-refractivity contribution in [1.82, 2.24) is 15.0 Å². The second-order valence-corrected chi connectivity index (χ2v) is 5.43. The van der Waals surface area contributed by atoms with E-state index in [1.807, 2.05) is 26.0 Å². The summed E-state index contributed by atoms with van der Waals surface area (Å²) >= 11 is 0. The van der Waals surface area contributed by atoms with Gasteiger partial charge in [0.15, 0.2) is 0 Å². The molecule has 0 amide bonds. The Labute approximate surface area is 115 Å². The molecule has 1 fully saturated rings. The summed E-state index contributed by atoms with van der Waals surface area (Å²) in [5.41, 5.74) is 0. The number of hydrogen-bond acceptors (Lipinski definition) is 6. The summed E-state index contributed by atoms with van der Waals surface area (Å²) in [6.07, 6.45) is 5.38. The number of hydrogen-bond donors (Lipinski definition) is 1. The van der Waals surface area contributed by atoms with E-state index in [2.05, 4.69) is 32.2 Å². The topological polar surface area (TPSA) is 57.2 Å². The summed E-state index contributed by atoms with van der Waals surface area (Å²) < 4.78 is 0. The molecule has 19 heavy (non-hydrogen) atoms.